The average molecular weight is 255 g/mol. The van der Waals surface area contributed by atoms with Gasteiger partial charge in [0.05, 0.1) is 5.02 Å². The Morgan fingerprint density at radius 1 is 1.44 bits per heavy atom. The van der Waals surface area contributed by atoms with E-state index in [2.05, 4.69) is 4.74 Å². The first-order valence-electron chi connectivity index (χ1n) is 4.50. The number of ether oxygens (including phenoxy) is 1. The molecular weight excluding hydrogens is 245 g/mol. The highest BCUT2D eigenvalue weighted by Gasteiger charge is 2.32. The molecule has 0 heterocycles. The summed E-state index contributed by atoms with van der Waals surface area (Å²) in [4.78, 5) is 0. The third-order valence-electron chi connectivity index (χ3n) is 2.02. The zero-order valence-electron chi connectivity index (χ0n) is 8.38. The lowest BCUT2D eigenvalue weighted by Gasteiger charge is -2.15. The van der Waals surface area contributed by atoms with E-state index in [4.69, 9.17) is 16.7 Å². The fourth-order valence-electron chi connectivity index (χ4n) is 1.21. The molecule has 0 aromatic heterocycles. The molecule has 0 amide bonds. The molecule has 1 unspecified atom stereocenters. The number of halogens is 4. The fraction of sp³-hybridized carbons (Fsp3) is 0.400. The molecule has 0 radical (unpaired) electrons. The summed E-state index contributed by atoms with van der Waals surface area (Å²) in [5.74, 6) is -0.795. The van der Waals surface area contributed by atoms with Gasteiger partial charge in [0.25, 0.3) is 0 Å². The predicted octanol–water partition coefficient (Wildman–Crippen LogP) is 3.33. The van der Waals surface area contributed by atoms with Crippen molar-refractivity contribution in [1.82, 2.24) is 0 Å². The molecule has 1 N–H and O–H groups in total. The second kappa shape index (κ2) is 4.93. The van der Waals surface area contributed by atoms with Crippen LogP contribution < -0.4 is 4.74 Å². The van der Waals surface area contributed by atoms with Gasteiger partial charge >= 0.3 is 6.36 Å². The summed E-state index contributed by atoms with van der Waals surface area (Å²) in [7, 11) is 0. The van der Waals surface area contributed by atoms with Gasteiger partial charge in [0, 0.05) is 12.5 Å². The lowest BCUT2D eigenvalue weighted by Crippen LogP contribution is -2.17. The van der Waals surface area contributed by atoms with Gasteiger partial charge in [-0.3, -0.25) is 0 Å². The van der Waals surface area contributed by atoms with Crippen molar-refractivity contribution in [1.29, 1.82) is 0 Å². The molecule has 0 saturated heterocycles. The molecule has 1 aromatic rings. The summed E-state index contributed by atoms with van der Waals surface area (Å²) < 4.78 is 39.8. The largest absolute Gasteiger partial charge is 0.573 e. The van der Waals surface area contributed by atoms with Crippen LogP contribution in [-0.2, 0) is 0 Å². The summed E-state index contributed by atoms with van der Waals surface area (Å²) in [6.45, 7) is 1.45. The Labute approximate surface area is 95.6 Å². The van der Waals surface area contributed by atoms with Gasteiger partial charge in [0.15, 0.2) is 0 Å². The highest BCUT2D eigenvalue weighted by Crippen LogP contribution is 2.35. The van der Waals surface area contributed by atoms with Crippen LogP contribution in [0.25, 0.3) is 0 Å². The number of aliphatic hydroxyl groups excluding tert-OH is 1. The van der Waals surface area contributed by atoms with E-state index in [0.717, 1.165) is 6.07 Å². The molecule has 2 nitrogen and oxygen atoms in total. The summed E-state index contributed by atoms with van der Waals surface area (Å²) in [5, 5.41) is 8.79. The maximum atomic E-state index is 12.0. The smallest absolute Gasteiger partial charge is 0.404 e. The summed E-state index contributed by atoms with van der Waals surface area (Å²) in [5.41, 5.74) is 0.422. The minimum atomic E-state index is -4.77. The van der Waals surface area contributed by atoms with E-state index in [0.29, 0.717) is 5.56 Å². The fourth-order valence-corrected chi connectivity index (χ4v) is 1.56. The molecule has 1 aromatic carbocycles. The van der Waals surface area contributed by atoms with Gasteiger partial charge < -0.3 is 9.84 Å². The molecule has 90 valence electrons. The minimum Gasteiger partial charge on any atom is -0.404 e. The van der Waals surface area contributed by atoms with Gasteiger partial charge in [-0.15, -0.1) is 13.2 Å². The Morgan fingerprint density at radius 2 is 2.06 bits per heavy atom. The van der Waals surface area contributed by atoms with Crippen molar-refractivity contribution in [2.24, 2.45) is 0 Å². The van der Waals surface area contributed by atoms with Crippen LogP contribution in [0.15, 0.2) is 18.2 Å². The molecule has 16 heavy (non-hydrogen) atoms. The Balaban J connectivity index is 3.04. The maximum Gasteiger partial charge on any atom is 0.573 e. The molecule has 1 rings (SSSR count). The third kappa shape index (κ3) is 3.28. The van der Waals surface area contributed by atoms with Crippen molar-refractivity contribution in [3.05, 3.63) is 28.8 Å². The molecule has 1 atom stereocenters. The average Bonchev–Trinajstić information content (AvgIpc) is 2.18. The van der Waals surface area contributed by atoms with E-state index in [-0.39, 0.29) is 17.5 Å². The first-order chi connectivity index (χ1) is 7.35. The first kappa shape index (κ1) is 13.1. The molecule has 0 spiro atoms. The quantitative estimate of drug-likeness (QED) is 0.896. The zero-order chi connectivity index (χ0) is 12.3. The zero-order valence-corrected chi connectivity index (χ0v) is 9.14. The van der Waals surface area contributed by atoms with E-state index in [9.17, 15) is 13.2 Å². The molecule has 0 bridgehead atoms. The van der Waals surface area contributed by atoms with Crippen LogP contribution in [0.4, 0.5) is 13.2 Å². The maximum absolute atomic E-state index is 12.0. The van der Waals surface area contributed by atoms with Crippen LogP contribution in [-0.4, -0.2) is 18.1 Å². The van der Waals surface area contributed by atoms with Crippen LogP contribution in [0.3, 0.4) is 0 Å². The van der Waals surface area contributed by atoms with Gasteiger partial charge in [-0.05, 0) is 11.6 Å². The summed E-state index contributed by atoms with van der Waals surface area (Å²) in [6.07, 6.45) is -4.77. The van der Waals surface area contributed by atoms with Crippen LogP contribution in [0.5, 0.6) is 5.75 Å². The van der Waals surface area contributed by atoms with Gasteiger partial charge in [0.2, 0.25) is 0 Å². The number of benzene rings is 1. The van der Waals surface area contributed by atoms with Crippen LogP contribution >= 0.6 is 11.6 Å². The van der Waals surface area contributed by atoms with E-state index in [1.807, 2.05) is 0 Å². The summed E-state index contributed by atoms with van der Waals surface area (Å²) >= 11 is 5.75. The highest BCUT2D eigenvalue weighted by atomic mass is 35.5. The van der Waals surface area contributed by atoms with Crippen LogP contribution in [0.2, 0.25) is 5.02 Å². The Kier molecular flexibility index (Phi) is 4.04. The monoisotopic (exact) mass is 254 g/mol. The van der Waals surface area contributed by atoms with Crippen molar-refractivity contribution in [2.45, 2.75) is 19.2 Å². The molecule has 6 heteroatoms. The Morgan fingerprint density at radius 3 is 2.56 bits per heavy atom. The van der Waals surface area contributed by atoms with Crippen molar-refractivity contribution in [2.75, 3.05) is 6.61 Å². The van der Waals surface area contributed by atoms with Crippen molar-refractivity contribution in [3.63, 3.8) is 0 Å². The predicted molar refractivity (Wildman–Crippen MR) is 53.6 cm³/mol. The standard InChI is InChI=1S/C10H10ClF3O2/c1-6(5-15)7-3-2-4-8(9(7)11)16-10(12,13)14/h2-4,6,15H,5H2,1H3. The lowest BCUT2D eigenvalue weighted by atomic mass is 10.0. The SMILES string of the molecule is CC(CO)c1cccc(OC(F)(F)F)c1Cl. The lowest BCUT2D eigenvalue weighted by molar-refractivity contribution is -0.274. The van der Waals surface area contributed by atoms with Gasteiger partial charge in [-0.25, -0.2) is 0 Å². The number of alkyl halides is 3. The van der Waals surface area contributed by atoms with Crippen LogP contribution in [0.1, 0.15) is 18.4 Å². The Hall–Kier alpha value is -0.940. The minimum absolute atomic E-state index is 0.124. The summed E-state index contributed by atoms with van der Waals surface area (Å²) in [6, 6.07) is 4.07. The van der Waals surface area contributed by atoms with E-state index in [1.165, 1.54) is 6.07 Å². The second-order valence-corrected chi connectivity index (χ2v) is 3.67. The van der Waals surface area contributed by atoms with Crippen molar-refractivity contribution < 1.29 is 23.0 Å². The van der Waals surface area contributed by atoms with Gasteiger partial charge in [-0.2, -0.15) is 0 Å². The second-order valence-electron chi connectivity index (χ2n) is 3.29. The number of hydrogen-bond acceptors (Lipinski definition) is 2. The first-order valence-corrected chi connectivity index (χ1v) is 4.88. The van der Waals surface area contributed by atoms with E-state index < -0.39 is 12.1 Å². The molecule has 0 saturated carbocycles. The Bertz CT molecular complexity index is 366. The van der Waals surface area contributed by atoms with Crippen molar-refractivity contribution in [3.8, 4) is 5.75 Å². The third-order valence-corrected chi connectivity index (χ3v) is 2.43. The topological polar surface area (TPSA) is 29.5 Å². The van der Waals surface area contributed by atoms with Gasteiger partial charge in [0.1, 0.15) is 5.75 Å². The molecule has 0 aliphatic carbocycles. The normalized spacial score (nSPS) is 13.6. The van der Waals surface area contributed by atoms with Crippen molar-refractivity contribution >= 4 is 11.6 Å². The van der Waals surface area contributed by atoms with E-state index in [1.54, 1.807) is 13.0 Å². The number of rotatable bonds is 3. The molecule has 0 aliphatic heterocycles. The van der Waals surface area contributed by atoms with Crippen LogP contribution in [0, 0.1) is 0 Å². The highest BCUT2D eigenvalue weighted by molar-refractivity contribution is 6.32. The van der Waals surface area contributed by atoms with E-state index >= 15 is 0 Å². The number of hydrogen-bond donors (Lipinski definition) is 1. The molecule has 0 fully saturated rings. The molecule has 0 aliphatic rings. The van der Waals surface area contributed by atoms with Gasteiger partial charge in [-0.1, -0.05) is 30.7 Å². The molecular formula is C10H10ClF3O2. The number of aliphatic hydroxyl groups is 1.